The van der Waals surface area contributed by atoms with Crippen LogP contribution in [0.15, 0.2) is 24.4 Å². The van der Waals surface area contributed by atoms with Gasteiger partial charge in [-0.1, -0.05) is 6.07 Å². The molecule has 4 amide bonds. The van der Waals surface area contributed by atoms with Crippen LogP contribution in [-0.4, -0.2) is 22.8 Å². The summed E-state index contributed by atoms with van der Waals surface area (Å²) in [5.41, 5.74) is 0.465. The van der Waals surface area contributed by atoms with Crippen LogP contribution in [-0.2, 0) is 9.59 Å². The van der Waals surface area contributed by atoms with Gasteiger partial charge in [-0.05, 0) is 12.1 Å². The van der Waals surface area contributed by atoms with Gasteiger partial charge in [0, 0.05) is 6.20 Å². The summed E-state index contributed by atoms with van der Waals surface area (Å²) in [7, 11) is 0. The first kappa shape index (κ1) is 15.5. The van der Waals surface area contributed by atoms with Gasteiger partial charge in [-0.25, -0.2) is 9.78 Å². The molecule has 1 aromatic heterocycles. The highest BCUT2D eigenvalue weighted by atomic mass is 35.5. The number of halogens is 1. The van der Waals surface area contributed by atoms with E-state index < -0.39 is 17.8 Å². The fraction of sp³-hybridized carbons (Fsp3) is 0.100. The molecule has 0 bridgehead atoms. The Hall–Kier alpha value is -2.46. The van der Waals surface area contributed by atoms with Crippen molar-refractivity contribution in [2.24, 2.45) is 0 Å². The molecule has 8 heteroatoms. The lowest BCUT2D eigenvalue weighted by molar-refractivity contribution is -0.129. The van der Waals surface area contributed by atoms with Gasteiger partial charge in [0.25, 0.3) is 0 Å². The number of imide groups is 2. The van der Waals surface area contributed by atoms with Gasteiger partial charge in [0.15, 0.2) is 0 Å². The third-order valence-electron chi connectivity index (χ3n) is 1.61. The van der Waals surface area contributed by atoms with Gasteiger partial charge in [-0.15, -0.1) is 12.4 Å². The van der Waals surface area contributed by atoms with Crippen molar-refractivity contribution in [3.63, 3.8) is 0 Å². The van der Waals surface area contributed by atoms with Crippen LogP contribution in [0.4, 0.5) is 4.79 Å². The van der Waals surface area contributed by atoms with Crippen LogP contribution in [0.25, 0.3) is 0 Å². The first-order valence-corrected chi connectivity index (χ1v) is 4.56. The molecular formula is C10H9ClN4O3. The number of barbiturate groups is 1. The van der Waals surface area contributed by atoms with Crippen LogP contribution in [0, 0.1) is 11.3 Å². The van der Waals surface area contributed by atoms with E-state index in [4.69, 9.17) is 5.26 Å². The van der Waals surface area contributed by atoms with E-state index >= 15 is 0 Å². The average Bonchev–Trinajstić information content (AvgIpc) is 2.29. The topological polar surface area (TPSA) is 112 Å². The molecule has 2 N–H and O–H groups in total. The number of nitriles is 1. The van der Waals surface area contributed by atoms with Gasteiger partial charge >= 0.3 is 6.03 Å². The lowest BCUT2D eigenvalue weighted by Gasteiger charge is -2.09. The van der Waals surface area contributed by atoms with Gasteiger partial charge < -0.3 is 0 Å². The molecule has 1 aromatic rings. The summed E-state index contributed by atoms with van der Waals surface area (Å²) in [4.78, 5) is 34.5. The first-order valence-electron chi connectivity index (χ1n) is 4.56. The summed E-state index contributed by atoms with van der Waals surface area (Å²) < 4.78 is 0. The van der Waals surface area contributed by atoms with Crippen LogP contribution in [0.2, 0.25) is 0 Å². The number of carbonyl (C=O) groups excluding carboxylic acids is 3. The molecule has 1 fully saturated rings. The maximum atomic E-state index is 10.3. The SMILES string of the molecule is Cl.N#Cc1ccccn1.O=C1CC(=O)NC(=O)N1. The maximum Gasteiger partial charge on any atom is 0.328 e. The van der Waals surface area contributed by atoms with Crippen LogP contribution in [0.3, 0.4) is 0 Å². The van der Waals surface area contributed by atoms with Crippen molar-refractivity contribution >= 4 is 30.3 Å². The lowest BCUT2D eigenvalue weighted by Crippen LogP contribution is -2.49. The number of rotatable bonds is 0. The van der Waals surface area contributed by atoms with E-state index in [1.54, 1.807) is 24.4 Å². The standard InChI is InChI=1S/C6H4N2.C4H4N2O3.ClH/c7-5-6-3-1-2-4-8-6;7-2-1-3(8)6-4(9)5-2;/h1-4H;1H2,(H2,5,6,7,8,9);1H. The quantitative estimate of drug-likeness (QED) is 0.649. The van der Waals surface area contributed by atoms with Crippen molar-refractivity contribution < 1.29 is 14.4 Å². The molecule has 0 atom stereocenters. The summed E-state index contributed by atoms with van der Waals surface area (Å²) >= 11 is 0. The zero-order chi connectivity index (χ0) is 12.7. The number of nitrogens with zero attached hydrogens (tertiary/aromatic N) is 2. The molecule has 0 saturated carbocycles. The van der Waals surface area contributed by atoms with Gasteiger partial charge in [0.2, 0.25) is 11.8 Å². The van der Waals surface area contributed by atoms with Crippen LogP contribution in [0.5, 0.6) is 0 Å². The molecule has 0 aromatic carbocycles. The Kier molecular flexibility index (Phi) is 6.70. The van der Waals surface area contributed by atoms with Crippen molar-refractivity contribution in [2.45, 2.75) is 6.42 Å². The third kappa shape index (κ3) is 5.58. The molecule has 2 heterocycles. The molecular weight excluding hydrogens is 260 g/mol. The predicted octanol–water partition coefficient (Wildman–Crippen LogP) is 0.118. The fourth-order valence-electron chi connectivity index (χ4n) is 0.948. The molecule has 0 unspecified atom stereocenters. The smallest absolute Gasteiger partial charge is 0.277 e. The summed E-state index contributed by atoms with van der Waals surface area (Å²) in [6.45, 7) is 0. The second-order valence-corrected chi connectivity index (χ2v) is 2.93. The normalized spacial score (nSPS) is 12.9. The number of carbonyl (C=O) groups is 3. The predicted molar refractivity (Wildman–Crippen MR) is 62.5 cm³/mol. The first-order chi connectivity index (χ1) is 8.11. The van der Waals surface area contributed by atoms with Crippen molar-refractivity contribution in [2.75, 3.05) is 0 Å². The summed E-state index contributed by atoms with van der Waals surface area (Å²) in [5, 5.41) is 12.0. The highest BCUT2D eigenvalue weighted by molar-refractivity contribution is 6.14. The maximum absolute atomic E-state index is 10.3. The largest absolute Gasteiger partial charge is 0.328 e. The molecule has 1 aliphatic rings. The second kappa shape index (κ2) is 7.76. The van der Waals surface area contributed by atoms with E-state index in [1.807, 2.05) is 16.7 Å². The van der Waals surface area contributed by atoms with Crippen molar-refractivity contribution in [1.29, 1.82) is 5.26 Å². The molecule has 1 aliphatic heterocycles. The Bertz CT molecular complexity index is 438. The zero-order valence-corrected chi connectivity index (χ0v) is 9.86. The summed E-state index contributed by atoms with van der Waals surface area (Å²) in [6.07, 6.45) is 1.34. The van der Waals surface area contributed by atoms with E-state index in [1.165, 1.54) is 0 Å². The molecule has 1 saturated heterocycles. The molecule has 2 rings (SSSR count). The Morgan fingerprint density at radius 2 is 1.78 bits per heavy atom. The molecule has 0 spiro atoms. The van der Waals surface area contributed by atoms with Crippen LogP contribution < -0.4 is 10.6 Å². The van der Waals surface area contributed by atoms with E-state index in [-0.39, 0.29) is 18.8 Å². The number of nitrogens with one attached hydrogen (secondary N) is 2. The zero-order valence-electron chi connectivity index (χ0n) is 9.04. The van der Waals surface area contributed by atoms with Gasteiger partial charge in [-0.2, -0.15) is 5.26 Å². The number of aromatic nitrogens is 1. The van der Waals surface area contributed by atoms with Crippen molar-refractivity contribution in [1.82, 2.24) is 15.6 Å². The highest BCUT2D eigenvalue weighted by Gasteiger charge is 2.20. The van der Waals surface area contributed by atoms with Crippen molar-refractivity contribution in [3.05, 3.63) is 30.1 Å². The molecule has 18 heavy (non-hydrogen) atoms. The number of hydrogen-bond donors (Lipinski definition) is 2. The Balaban J connectivity index is 0.000000306. The van der Waals surface area contributed by atoms with E-state index in [0.29, 0.717) is 5.69 Å². The van der Waals surface area contributed by atoms with E-state index in [0.717, 1.165) is 0 Å². The Morgan fingerprint density at radius 1 is 1.17 bits per heavy atom. The van der Waals surface area contributed by atoms with Gasteiger partial charge in [0.1, 0.15) is 18.2 Å². The summed E-state index contributed by atoms with van der Waals surface area (Å²) in [6, 6.07) is 6.40. The minimum Gasteiger partial charge on any atom is -0.277 e. The van der Waals surface area contributed by atoms with Crippen LogP contribution in [0.1, 0.15) is 12.1 Å². The lowest BCUT2D eigenvalue weighted by atomic mass is 10.3. The second-order valence-electron chi connectivity index (χ2n) is 2.93. The third-order valence-corrected chi connectivity index (χ3v) is 1.61. The number of hydrogen-bond acceptors (Lipinski definition) is 5. The Labute approximate surface area is 109 Å². The Morgan fingerprint density at radius 3 is 2.11 bits per heavy atom. The molecule has 0 radical (unpaired) electrons. The number of urea groups is 1. The molecule has 7 nitrogen and oxygen atoms in total. The monoisotopic (exact) mass is 268 g/mol. The molecule has 0 aliphatic carbocycles. The number of pyridine rings is 1. The highest BCUT2D eigenvalue weighted by Crippen LogP contribution is 1.87. The van der Waals surface area contributed by atoms with Gasteiger partial charge in [0.05, 0.1) is 0 Å². The minimum absolute atomic E-state index is 0. The molecule has 94 valence electrons. The fourth-order valence-corrected chi connectivity index (χ4v) is 0.948. The number of amides is 4. The van der Waals surface area contributed by atoms with Crippen molar-refractivity contribution in [3.8, 4) is 6.07 Å². The average molecular weight is 269 g/mol. The van der Waals surface area contributed by atoms with Crippen LogP contribution >= 0.6 is 12.4 Å². The van der Waals surface area contributed by atoms with E-state index in [2.05, 4.69) is 4.98 Å². The van der Waals surface area contributed by atoms with E-state index in [9.17, 15) is 14.4 Å². The van der Waals surface area contributed by atoms with Gasteiger partial charge in [-0.3, -0.25) is 20.2 Å². The summed E-state index contributed by atoms with van der Waals surface area (Å²) in [5.74, 6) is -1.10. The minimum atomic E-state index is -0.740.